The van der Waals surface area contributed by atoms with E-state index in [2.05, 4.69) is 0 Å². The summed E-state index contributed by atoms with van der Waals surface area (Å²) in [7, 11) is 0. The van der Waals surface area contributed by atoms with E-state index in [0.717, 1.165) is 0 Å². The van der Waals surface area contributed by atoms with E-state index >= 15 is 0 Å². The van der Waals surface area contributed by atoms with Crippen LogP contribution in [0.3, 0.4) is 0 Å². The maximum absolute atomic E-state index is 12.2. The molecule has 0 aliphatic rings. The Bertz CT molecular complexity index is 197. The van der Waals surface area contributed by atoms with Gasteiger partial charge in [0.15, 0.2) is 0 Å². The van der Waals surface area contributed by atoms with E-state index in [0.29, 0.717) is 19.4 Å². The molecule has 0 radical (unpaired) electrons. The monoisotopic (exact) mass is 219 g/mol. The number of ether oxygens (including phenoxy) is 1. The third-order valence-electron chi connectivity index (χ3n) is 2.91. The molecular weight excluding hydrogens is 197 g/mol. The van der Waals surface area contributed by atoms with Gasteiger partial charge in [-0.1, -0.05) is 13.8 Å². The molecule has 2 N–H and O–H groups in total. The highest BCUT2D eigenvalue weighted by Crippen LogP contribution is 2.33. The summed E-state index contributed by atoms with van der Waals surface area (Å²) in [4.78, 5) is 11.8. The van der Waals surface area contributed by atoms with E-state index in [-0.39, 0.29) is 18.4 Å². The van der Waals surface area contributed by atoms with Crippen molar-refractivity contribution in [1.29, 1.82) is 0 Å². The summed E-state index contributed by atoms with van der Waals surface area (Å²) < 4.78 is 17.2. The number of hydrogen-bond donors (Lipinski definition) is 1. The van der Waals surface area contributed by atoms with Gasteiger partial charge < -0.3 is 10.5 Å². The molecule has 0 amide bonds. The number of rotatable bonds is 7. The lowest BCUT2D eigenvalue weighted by atomic mass is 9.73. The zero-order valence-electron chi connectivity index (χ0n) is 9.88. The fourth-order valence-corrected chi connectivity index (χ4v) is 1.70. The lowest BCUT2D eigenvalue weighted by Crippen LogP contribution is -2.44. The molecule has 0 aromatic heterocycles. The summed E-state index contributed by atoms with van der Waals surface area (Å²) in [5, 5.41) is 0. The van der Waals surface area contributed by atoms with Gasteiger partial charge in [-0.2, -0.15) is 0 Å². The van der Waals surface area contributed by atoms with Crippen molar-refractivity contribution >= 4 is 5.97 Å². The van der Waals surface area contributed by atoms with Gasteiger partial charge in [0.1, 0.15) is 0 Å². The molecule has 0 bridgehead atoms. The fraction of sp³-hybridized carbons (Fsp3) is 0.909. The van der Waals surface area contributed by atoms with E-state index in [1.54, 1.807) is 6.92 Å². The summed E-state index contributed by atoms with van der Waals surface area (Å²) >= 11 is 0. The van der Waals surface area contributed by atoms with E-state index < -0.39 is 12.1 Å². The van der Waals surface area contributed by atoms with Gasteiger partial charge in [-0.3, -0.25) is 9.18 Å². The van der Waals surface area contributed by atoms with Crippen LogP contribution in [0.1, 0.15) is 33.6 Å². The molecular formula is C11H22FNO2. The zero-order chi connectivity index (χ0) is 11.9. The number of carbonyl (C=O) groups is 1. The van der Waals surface area contributed by atoms with E-state index in [4.69, 9.17) is 10.5 Å². The van der Waals surface area contributed by atoms with Gasteiger partial charge in [0.2, 0.25) is 0 Å². The lowest BCUT2D eigenvalue weighted by Gasteiger charge is -2.33. The van der Waals surface area contributed by atoms with Crippen LogP contribution in [-0.4, -0.2) is 25.8 Å². The van der Waals surface area contributed by atoms with Crippen LogP contribution in [0.5, 0.6) is 0 Å². The maximum atomic E-state index is 12.2. The number of carbonyl (C=O) groups excluding carboxylic acids is 1. The minimum atomic E-state index is -0.720. The SMILES string of the molecule is CCOC(=O)C(CN)(CCCF)C(C)C. The summed E-state index contributed by atoms with van der Waals surface area (Å²) in [5.41, 5.74) is 4.94. The highest BCUT2D eigenvalue weighted by molar-refractivity contribution is 5.77. The van der Waals surface area contributed by atoms with Crippen molar-refractivity contribution in [2.24, 2.45) is 17.1 Å². The van der Waals surface area contributed by atoms with Crippen molar-refractivity contribution in [1.82, 2.24) is 0 Å². The highest BCUT2D eigenvalue weighted by Gasteiger charge is 2.41. The van der Waals surface area contributed by atoms with E-state index in [9.17, 15) is 9.18 Å². The summed E-state index contributed by atoms with van der Waals surface area (Å²) in [6.45, 7) is 5.72. The van der Waals surface area contributed by atoms with Gasteiger partial charge in [-0.25, -0.2) is 0 Å². The van der Waals surface area contributed by atoms with Crippen molar-refractivity contribution in [2.75, 3.05) is 19.8 Å². The average molecular weight is 219 g/mol. The van der Waals surface area contributed by atoms with Gasteiger partial charge >= 0.3 is 5.97 Å². The number of nitrogens with two attached hydrogens (primary N) is 1. The number of hydrogen-bond acceptors (Lipinski definition) is 3. The second-order valence-electron chi connectivity index (χ2n) is 4.03. The van der Waals surface area contributed by atoms with E-state index in [1.807, 2.05) is 13.8 Å². The Morgan fingerprint density at radius 1 is 1.53 bits per heavy atom. The van der Waals surface area contributed by atoms with E-state index in [1.165, 1.54) is 0 Å². The Hall–Kier alpha value is -0.640. The third-order valence-corrected chi connectivity index (χ3v) is 2.91. The van der Waals surface area contributed by atoms with Crippen molar-refractivity contribution in [2.45, 2.75) is 33.6 Å². The first-order valence-corrected chi connectivity index (χ1v) is 5.48. The number of esters is 1. The first kappa shape index (κ1) is 14.4. The van der Waals surface area contributed by atoms with Gasteiger partial charge in [0.05, 0.1) is 18.7 Å². The molecule has 1 unspecified atom stereocenters. The molecule has 0 saturated carbocycles. The molecule has 0 saturated heterocycles. The van der Waals surface area contributed by atoms with Crippen LogP contribution < -0.4 is 5.73 Å². The predicted molar refractivity (Wildman–Crippen MR) is 58.2 cm³/mol. The molecule has 0 aliphatic heterocycles. The molecule has 0 heterocycles. The van der Waals surface area contributed by atoms with Crippen molar-refractivity contribution in [3.63, 3.8) is 0 Å². The smallest absolute Gasteiger partial charge is 0.313 e. The van der Waals surface area contributed by atoms with Crippen LogP contribution in [0.15, 0.2) is 0 Å². The maximum Gasteiger partial charge on any atom is 0.313 e. The van der Waals surface area contributed by atoms with Crippen LogP contribution in [0.4, 0.5) is 4.39 Å². The van der Waals surface area contributed by atoms with Gasteiger partial charge in [-0.15, -0.1) is 0 Å². The third kappa shape index (κ3) is 3.45. The average Bonchev–Trinajstić information content (AvgIpc) is 2.19. The second kappa shape index (κ2) is 6.77. The Labute approximate surface area is 91.2 Å². The van der Waals surface area contributed by atoms with Crippen LogP contribution in [0.25, 0.3) is 0 Å². The molecule has 0 spiro atoms. The second-order valence-corrected chi connectivity index (χ2v) is 4.03. The first-order valence-electron chi connectivity index (χ1n) is 5.48. The molecule has 0 aromatic rings. The van der Waals surface area contributed by atoms with Crippen molar-refractivity contribution < 1.29 is 13.9 Å². The lowest BCUT2D eigenvalue weighted by molar-refractivity contribution is -0.158. The largest absolute Gasteiger partial charge is 0.466 e. The quantitative estimate of drug-likeness (QED) is 0.665. The van der Waals surface area contributed by atoms with Crippen LogP contribution in [0, 0.1) is 11.3 Å². The van der Waals surface area contributed by atoms with Crippen molar-refractivity contribution in [3.8, 4) is 0 Å². The Kier molecular flexibility index (Phi) is 6.48. The first-order chi connectivity index (χ1) is 7.05. The molecule has 0 rings (SSSR count). The van der Waals surface area contributed by atoms with Crippen LogP contribution in [-0.2, 0) is 9.53 Å². The Morgan fingerprint density at radius 3 is 2.47 bits per heavy atom. The molecule has 3 nitrogen and oxygen atoms in total. The molecule has 1 atom stereocenters. The standard InChI is InChI=1S/C11H22FNO2/c1-4-15-10(14)11(8-13,9(2)3)6-5-7-12/h9H,4-8,13H2,1-3H3. The molecule has 0 fully saturated rings. The molecule has 4 heteroatoms. The predicted octanol–water partition coefficient (Wildman–Crippen LogP) is 1.90. The van der Waals surface area contributed by atoms with Gasteiger partial charge in [-0.05, 0) is 25.7 Å². The van der Waals surface area contributed by atoms with Crippen molar-refractivity contribution in [3.05, 3.63) is 0 Å². The highest BCUT2D eigenvalue weighted by atomic mass is 19.1. The summed E-state index contributed by atoms with van der Waals surface area (Å²) in [6.07, 6.45) is 0.810. The Morgan fingerprint density at radius 2 is 2.13 bits per heavy atom. The number of alkyl halides is 1. The van der Waals surface area contributed by atoms with Gasteiger partial charge in [0.25, 0.3) is 0 Å². The molecule has 15 heavy (non-hydrogen) atoms. The fourth-order valence-electron chi connectivity index (χ4n) is 1.70. The minimum absolute atomic E-state index is 0.0631. The van der Waals surface area contributed by atoms with Gasteiger partial charge in [0, 0.05) is 6.54 Å². The molecule has 90 valence electrons. The van der Waals surface area contributed by atoms with Crippen LogP contribution >= 0.6 is 0 Å². The topological polar surface area (TPSA) is 52.3 Å². The molecule has 0 aromatic carbocycles. The zero-order valence-corrected chi connectivity index (χ0v) is 9.88. The van der Waals surface area contributed by atoms with Crippen LogP contribution in [0.2, 0.25) is 0 Å². The minimum Gasteiger partial charge on any atom is -0.466 e. The normalized spacial score (nSPS) is 15.1. The summed E-state index contributed by atoms with van der Waals surface area (Å²) in [6, 6.07) is 0. The Balaban J connectivity index is 4.71. The number of halogens is 1. The molecule has 0 aliphatic carbocycles. The summed E-state index contributed by atoms with van der Waals surface area (Å²) in [5.74, 6) is -0.232.